The number of hydrazine groups is 1. The summed E-state index contributed by atoms with van der Waals surface area (Å²) in [7, 11) is 0. The Labute approximate surface area is 87.7 Å². The topological polar surface area (TPSA) is 47.3 Å². The fourth-order valence-corrected chi connectivity index (χ4v) is 1.31. The van der Waals surface area contributed by atoms with Gasteiger partial charge in [-0.3, -0.25) is 11.3 Å². The van der Waals surface area contributed by atoms with Crippen LogP contribution in [0.25, 0.3) is 0 Å². The Balaban J connectivity index is 3.52. The van der Waals surface area contributed by atoms with Crippen LogP contribution in [0.1, 0.15) is 39.5 Å². The van der Waals surface area contributed by atoms with Gasteiger partial charge in [-0.05, 0) is 32.6 Å². The van der Waals surface area contributed by atoms with Gasteiger partial charge >= 0.3 is 0 Å². The van der Waals surface area contributed by atoms with Crippen LogP contribution in [0.5, 0.6) is 0 Å². The van der Waals surface area contributed by atoms with E-state index in [0.29, 0.717) is 6.04 Å². The second kappa shape index (κ2) is 9.19. The molecule has 0 radical (unpaired) electrons. The first-order chi connectivity index (χ1) is 6.74. The fourth-order valence-electron chi connectivity index (χ4n) is 1.31. The molecule has 0 heterocycles. The van der Waals surface area contributed by atoms with Crippen molar-refractivity contribution in [2.75, 3.05) is 13.2 Å². The molecule has 0 aliphatic carbocycles. The Bertz CT molecular complexity index is 148. The first-order valence-electron chi connectivity index (χ1n) is 5.45. The van der Waals surface area contributed by atoms with Gasteiger partial charge in [0.1, 0.15) is 0 Å². The molecule has 0 aromatic rings. The van der Waals surface area contributed by atoms with Crippen LogP contribution in [0.4, 0.5) is 0 Å². The van der Waals surface area contributed by atoms with Crippen LogP contribution in [-0.4, -0.2) is 19.3 Å². The van der Waals surface area contributed by atoms with Crippen molar-refractivity contribution in [1.82, 2.24) is 5.43 Å². The van der Waals surface area contributed by atoms with Crippen LogP contribution in [0.15, 0.2) is 12.2 Å². The minimum Gasteiger partial charge on any atom is -0.382 e. The van der Waals surface area contributed by atoms with Crippen LogP contribution in [0.3, 0.4) is 0 Å². The summed E-state index contributed by atoms with van der Waals surface area (Å²) >= 11 is 0. The molecule has 14 heavy (non-hydrogen) atoms. The molecule has 0 saturated heterocycles. The van der Waals surface area contributed by atoms with E-state index in [0.717, 1.165) is 38.9 Å². The largest absolute Gasteiger partial charge is 0.382 e. The lowest BCUT2D eigenvalue weighted by atomic mass is 10.0. The van der Waals surface area contributed by atoms with Crippen LogP contribution < -0.4 is 11.3 Å². The maximum absolute atomic E-state index is 5.46. The maximum atomic E-state index is 5.46. The predicted octanol–water partition coefficient (Wildman–Crippen LogP) is 1.99. The van der Waals surface area contributed by atoms with Crippen LogP contribution in [0.2, 0.25) is 0 Å². The van der Waals surface area contributed by atoms with Gasteiger partial charge in [0.25, 0.3) is 0 Å². The van der Waals surface area contributed by atoms with E-state index < -0.39 is 0 Å². The molecule has 1 atom stereocenters. The summed E-state index contributed by atoms with van der Waals surface area (Å²) in [5.41, 5.74) is 4.08. The van der Waals surface area contributed by atoms with Crippen LogP contribution in [-0.2, 0) is 4.74 Å². The van der Waals surface area contributed by atoms with Crippen molar-refractivity contribution in [3.8, 4) is 0 Å². The molecular weight excluding hydrogens is 176 g/mol. The molecule has 0 aromatic heterocycles. The SMILES string of the molecule is C=C(CC)CC(CCCOCC)NN. The zero-order valence-corrected chi connectivity index (χ0v) is 9.51. The molecule has 3 N–H and O–H groups in total. The molecule has 3 heteroatoms. The standard InChI is InChI=1S/C11H24N2O/c1-4-10(3)9-11(13-12)7-6-8-14-5-2/h11,13H,3-9,12H2,1-2H3. The van der Waals surface area contributed by atoms with Gasteiger partial charge in [0.15, 0.2) is 0 Å². The minimum atomic E-state index is 0.350. The monoisotopic (exact) mass is 200 g/mol. The Hall–Kier alpha value is -0.380. The van der Waals surface area contributed by atoms with E-state index in [9.17, 15) is 0 Å². The van der Waals surface area contributed by atoms with Gasteiger partial charge in [-0.2, -0.15) is 0 Å². The molecule has 0 aliphatic rings. The van der Waals surface area contributed by atoms with Gasteiger partial charge < -0.3 is 4.74 Å². The maximum Gasteiger partial charge on any atom is 0.0466 e. The van der Waals surface area contributed by atoms with Crippen molar-refractivity contribution in [2.45, 2.75) is 45.6 Å². The summed E-state index contributed by atoms with van der Waals surface area (Å²) in [5.74, 6) is 5.46. The molecular formula is C11H24N2O. The van der Waals surface area contributed by atoms with E-state index >= 15 is 0 Å². The van der Waals surface area contributed by atoms with Crippen molar-refractivity contribution in [2.24, 2.45) is 5.84 Å². The first-order valence-corrected chi connectivity index (χ1v) is 5.45. The number of nitrogens with two attached hydrogens (primary N) is 1. The van der Waals surface area contributed by atoms with Crippen molar-refractivity contribution in [1.29, 1.82) is 0 Å². The third kappa shape index (κ3) is 7.06. The number of rotatable bonds is 9. The molecule has 0 spiro atoms. The second-order valence-corrected chi connectivity index (χ2v) is 3.51. The highest BCUT2D eigenvalue weighted by molar-refractivity contribution is 4.95. The quantitative estimate of drug-likeness (QED) is 0.259. The summed E-state index contributed by atoms with van der Waals surface area (Å²) in [6.45, 7) is 9.73. The molecule has 0 saturated carbocycles. The lowest BCUT2D eigenvalue weighted by molar-refractivity contribution is 0.140. The second-order valence-electron chi connectivity index (χ2n) is 3.51. The van der Waals surface area contributed by atoms with E-state index in [1.165, 1.54) is 5.57 Å². The van der Waals surface area contributed by atoms with Crippen molar-refractivity contribution in [3.63, 3.8) is 0 Å². The number of hydrogen-bond acceptors (Lipinski definition) is 3. The zero-order chi connectivity index (χ0) is 10.8. The first kappa shape index (κ1) is 13.6. The Kier molecular flexibility index (Phi) is 8.94. The molecule has 0 aliphatic heterocycles. The van der Waals surface area contributed by atoms with Crippen LogP contribution in [0, 0.1) is 0 Å². The van der Waals surface area contributed by atoms with Gasteiger partial charge in [0.2, 0.25) is 0 Å². The van der Waals surface area contributed by atoms with Crippen molar-refractivity contribution >= 4 is 0 Å². The molecule has 1 unspecified atom stereocenters. The lowest BCUT2D eigenvalue weighted by Gasteiger charge is -2.16. The molecule has 0 fully saturated rings. The average molecular weight is 200 g/mol. The summed E-state index contributed by atoms with van der Waals surface area (Å²) in [6.07, 6.45) is 4.11. The summed E-state index contributed by atoms with van der Waals surface area (Å²) in [5, 5.41) is 0. The molecule has 3 nitrogen and oxygen atoms in total. The highest BCUT2D eigenvalue weighted by atomic mass is 16.5. The highest BCUT2D eigenvalue weighted by Crippen LogP contribution is 2.10. The zero-order valence-electron chi connectivity index (χ0n) is 9.51. The van der Waals surface area contributed by atoms with Gasteiger partial charge in [0, 0.05) is 19.3 Å². The Morgan fingerprint density at radius 1 is 1.50 bits per heavy atom. The van der Waals surface area contributed by atoms with Crippen LogP contribution >= 0.6 is 0 Å². The molecule has 0 bridgehead atoms. The minimum absolute atomic E-state index is 0.350. The van der Waals surface area contributed by atoms with E-state index in [1.807, 2.05) is 6.92 Å². The normalized spacial score (nSPS) is 12.8. The van der Waals surface area contributed by atoms with E-state index in [1.54, 1.807) is 0 Å². The number of hydrogen-bond donors (Lipinski definition) is 2. The lowest BCUT2D eigenvalue weighted by Crippen LogP contribution is -2.35. The molecule has 0 amide bonds. The molecule has 0 rings (SSSR count). The van der Waals surface area contributed by atoms with E-state index in [4.69, 9.17) is 10.6 Å². The molecule has 0 aromatic carbocycles. The Morgan fingerprint density at radius 2 is 2.21 bits per heavy atom. The third-order valence-corrected chi connectivity index (χ3v) is 2.32. The predicted molar refractivity (Wildman–Crippen MR) is 60.9 cm³/mol. The van der Waals surface area contributed by atoms with Gasteiger partial charge in [-0.1, -0.05) is 19.1 Å². The van der Waals surface area contributed by atoms with E-state index in [2.05, 4.69) is 18.9 Å². The van der Waals surface area contributed by atoms with Gasteiger partial charge in [0.05, 0.1) is 0 Å². The van der Waals surface area contributed by atoms with Crippen molar-refractivity contribution in [3.05, 3.63) is 12.2 Å². The fraction of sp³-hybridized carbons (Fsp3) is 0.818. The van der Waals surface area contributed by atoms with Gasteiger partial charge in [-0.15, -0.1) is 0 Å². The smallest absolute Gasteiger partial charge is 0.0466 e. The molecule has 84 valence electrons. The summed E-state index contributed by atoms with van der Waals surface area (Å²) < 4.78 is 5.27. The highest BCUT2D eigenvalue weighted by Gasteiger charge is 2.06. The number of ether oxygens (including phenoxy) is 1. The van der Waals surface area contributed by atoms with Crippen molar-refractivity contribution < 1.29 is 4.74 Å². The number of nitrogens with one attached hydrogen (secondary N) is 1. The summed E-state index contributed by atoms with van der Waals surface area (Å²) in [4.78, 5) is 0. The third-order valence-electron chi connectivity index (χ3n) is 2.32. The Morgan fingerprint density at radius 3 is 2.71 bits per heavy atom. The van der Waals surface area contributed by atoms with E-state index in [-0.39, 0.29) is 0 Å². The van der Waals surface area contributed by atoms with Gasteiger partial charge in [-0.25, -0.2) is 0 Å². The summed E-state index contributed by atoms with van der Waals surface area (Å²) in [6, 6.07) is 0.350. The average Bonchev–Trinajstić information content (AvgIpc) is 2.22.